The maximum atomic E-state index is 12.6. The van der Waals surface area contributed by atoms with Gasteiger partial charge in [-0.15, -0.1) is 0 Å². The first-order valence-corrected chi connectivity index (χ1v) is 5.14. The molecule has 0 saturated carbocycles. The van der Waals surface area contributed by atoms with Gasteiger partial charge in [-0.1, -0.05) is 12.1 Å². The van der Waals surface area contributed by atoms with Crippen molar-refractivity contribution >= 4 is 5.95 Å². The molecule has 0 amide bonds. The summed E-state index contributed by atoms with van der Waals surface area (Å²) in [5, 5.41) is 0. The van der Waals surface area contributed by atoms with E-state index in [2.05, 4.69) is 9.97 Å². The fraction of sp³-hybridized carbons (Fsp3) is 0.167. The summed E-state index contributed by atoms with van der Waals surface area (Å²) in [4.78, 5) is 7.72. The summed E-state index contributed by atoms with van der Waals surface area (Å²) >= 11 is 0. The molecule has 0 saturated heterocycles. The molecular weight excluding hydrogens is 243 g/mol. The van der Waals surface area contributed by atoms with Gasteiger partial charge in [0.05, 0.1) is 11.3 Å². The highest BCUT2D eigenvalue weighted by Gasteiger charge is 2.30. The van der Waals surface area contributed by atoms with Gasteiger partial charge >= 0.3 is 6.18 Å². The first-order chi connectivity index (χ1) is 8.38. The summed E-state index contributed by atoms with van der Waals surface area (Å²) < 4.78 is 37.8. The predicted octanol–water partition coefficient (Wildman–Crippen LogP) is 3.05. The van der Waals surface area contributed by atoms with Crippen LogP contribution in [0.25, 0.3) is 11.1 Å². The van der Waals surface area contributed by atoms with Crippen molar-refractivity contribution in [3.8, 4) is 11.1 Å². The zero-order valence-corrected chi connectivity index (χ0v) is 9.49. The molecule has 2 rings (SSSR count). The fourth-order valence-corrected chi connectivity index (χ4v) is 1.63. The molecule has 1 heterocycles. The maximum absolute atomic E-state index is 12.6. The Morgan fingerprint density at radius 3 is 2.56 bits per heavy atom. The van der Waals surface area contributed by atoms with Gasteiger partial charge in [0.1, 0.15) is 0 Å². The lowest BCUT2D eigenvalue weighted by molar-refractivity contribution is -0.137. The van der Waals surface area contributed by atoms with Crippen molar-refractivity contribution in [3.63, 3.8) is 0 Å². The number of aromatic nitrogens is 2. The molecule has 0 atom stereocenters. The van der Waals surface area contributed by atoms with Crippen LogP contribution in [0.15, 0.2) is 30.5 Å². The molecular formula is C12H10F3N3. The smallest absolute Gasteiger partial charge is 0.368 e. The maximum Gasteiger partial charge on any atom is 0.416 e. The molecule has 2 N–H and O–H groups in total. The van der Waals surface area contributed by atoms with Gasteiger partial charge in [-0.3, -0.25) is 0 Å². The van der Waals surface area contributed by atoms with E-state index < -0.39 is 11.7 Å². The Balaban J connectivity index is 2.51. The van der Waals surface area contributed by atoms with E-state index in [-0.39, 0.29) is 5.95 Å². The average molecular weight is 253 g/mol. The van der Waals surface area contributed by atoms with Gasteiger partial charge in [0.15, 0.2) is 0 Å². The van der Waals surface area contributed by atoms with Gasteiger partial charge in [-0.05, 0) is 24.6 Å². The zero-order chi connectivity index (χ0) is 13.3. The van der Waals surface area contributed by atoms with Crippen LogP contribution in [-0.2, 0) is 6.18 Å². The van der Waals surface area contributed by atoms with Crippen molar-refractivity contribution in [2.45, 2.75) is 13.1 Å². The molecule has 0 radical (unpaired) electrons. The summed E-state index contributed by atoms with van der Waals surface area (Å²) in [6.07, 6.45) is -2.94. The van der Waals surface area contributed by atoms with Crippen LogP contribution >= 0.6 is 0 Å². The number of anilines is 1. The van der Waals surface area contributed by atoms with Gasteiger partial charge in [-0.2, -0.15) is 13.2 Å². The minimum atomic E-state index is -4.36. The van der Waals surface area contributed by atoms with Crippen molar-refractivity contribution < 1.29 is 13.2 Å². The van der Waals surface area contributed by atoms with Crippen LogP contribution < -0.4 is 5.73 Å². The van der Waals surface area contributed by atoms with Crippen LogP contribution in [0, 0.1) is 6.92 Å². The van der Waals surface area contributed by atoms with E-state index in [0.717, 1.165) is 12.1 Å². The number of hydrogen-bond acceptors (Lipinski definition) is 3. The number of halogens is 3. The largest absolute Gasteiger partial charge is 0.416 e. The van der Waals surface area contributed by atoms with Crippen LogP contribution in [0.5, 0.6) is 0 Å². The molecule has 94 valence electrons. The standard InChI is InChI=1S/C12H10F3N3/c1-7-10(6-17-11(16)18-7)8-3-2-4-9(5-8)12(13,14)15/h2-6H,1H3,(H2,16,17,18). The molecule has 0 bridgehead atoms. The number of nitrogen functional groups attached to an aromatic ring is 1. The molecule has 0 aliphatic carbocycles. The number of rotatable bonds is 1. The predicted molar refractivity (Wildman–Crippen MR) is 61.6 cm³/mol. The minimum absolute atomic E-state index is 0.100. The number of benzene rings is 1. The number of alkyl halides is 3. The van der Waals surface area contributed by atoms with Gasteiger partial charge in [0.2, 0.25) is 5.95 Å². The van der Waals surface area contributed by atoms with E-state index in [4.69, 9.17) is 5.73 Å². The highest BCUT2D eigenvalue weighted by Crippen LogP contribution is 2.32. The van der Waals surface area contributed by atoms with Gasteiger partial charge in [-0.25, -0.2) is 9.97 Å². The third-order valence-electron chi connectivity index (χ3n) is 2.50. The molecule has 3 nitrogen and oxygen atoms in total. The number of aryl methyl sites for hydroxylation is 1. The summed E-state index contributed by atoms with van der Waals surface area (Å²) in [6, 6.07) is 5.03. The molecule has 0 spiro atoms. The van der Waals surface area contributed by atoms with Gasteiger partial charge in [0, 0.05) is 11.8 Å². The van der Waals surface area contributed by atoms with Gasteiger partial charge in [0.25, 0.3) is 0 Å². The van der Waals surface area contributed by atoms with Crippen LogP contribution in [0.3, 0.4) is 0 Å². The summed E-state index contributed by atoms with van der Waals surface area (Å²) in [5.74, 6) is 0.100. The fourth-order valence-electron chi connectivity index (χ4n) is 1.63. The number of hydrogen-bond donors (Lipinski definition) is 1. The summed E-state index contributed by atoms with van der Waals surface area (Å²) in [6.45, 7) is 1.67. The third-order valence-corrected chi connectivity index (χ3v) is 2.50. The van der Waals surface area contributed by atoms with E-state index in [9.17, 15) is 13.2 Å². The Hall–Kier alpha value is -2.11. The highest BCUT2D eigenvalue weighted by atomic mass is 19.4. The minimum Gasteiger partial charge on any atom is -0.368 e. The Bertz CT molecular complexity index is 579. The summed E-state index contributed by atoms with van der Waals surface area (Å²) in [7, 11) is 0. The Morgan fingerprint density at radius 2 is 1.94 bits per heavy atom. The van der Waals surface area contributed by atoms with Crippen molar-refractivity contribution in [2.75, 3.05) is 5.73 Å². The highest BCUT2D eigenvalue weighted by molar-refractivity contribution is 5.66. The normalized spacial score (nSPS) is 11.6. The van der Waals surface area contributed by atoms with E-state index in [1.54, 1.807) is 13.0 Å². The molecule has 0 aliphatic heterocycles. The lowest BCUT2D eigenvalue weighted by Crippen LogP contribution is -2.05. The number of nitrogens with zero attached hydrogens (tertiary/aromatic N) is 2. The Morgan fingerprint density at radius 1 is 1.22 bits per heavy atom. The van der Waals surface area contributed by atoms with E-state index in [0.29, 0.717) is 16.8 Å². The quantitative estimate of drug-likeness (QED) is 0.849. The van der Waals surface area contributed by atoms with Crippen molar-refractivity contribution in [2.24, 2.45) is 0 Å². The Labute approximate surface area is 101 Å². The zero-order valence-electron chi connectivity index (χ0n) is 9.49. The average Bonchev–Trinajstić information content (AvgIpc) is 2.28. The topological polar surface area (TPSA) is 51.8 Å². The SMILES string of the molecule is Cc1nc(N)ncc1-c1cccc(C(F)(F)F)c1. The molecule has 18 heavy (non-hydrogen) atoms. The first kappa shape index (κ1) is 12.3. The van der Waals surface area contributed by atoms with Crippen LogP contribution in [-0.4, -0.2) is 9.97 Å². The van der Waals surface area contributed by atoms with E-state index in [1.807, 2.05) is 0 Å². The number of nitrogens with two attached hydrogens (primary N) is 1. The monoisotopic (exact) mass is 253 g/mol. The molecule has 0 aliphatic rings. The third kappa shape index (κ3) is 2.42. The second-order valence-electron chi connectivity index (χ2n) is 3.81. The van der Waals surface area contributed by atoms with Crippen LogP contribution in [0.1, 0.15) is 11.3 Å². The van der Waals surface area contributed by atoms with Crippen molar-refractivity contribution in [1.29, 1.82) is 0 Å². The molecule has 1 aromatic carbocycles. The first-order valence-electron chi connectivity index (χ1n) is 5.14. The summed E-state index contributed by atoms with van der Waals surface area (Å²) in [5.41, 5.74) is 6.20. The molecule has 6 heteroatoms. The lowest BCUT2D eigenvalue weighted by atomic mass is 10.0. The van der Waals surface area contributed by atoms with Crippen LogP contribution in [0.2, 0.25) is 0 Å². The second-order valence-corrected chi connectivity index (χ2v) is 3.81. The molecule has 2 aromatic rings. The van der Waals surface area contributed by atoms with Crippen LogP contribution in [0.4, 0.5) is 19.1 Å². The molecule has 1 aromatic heterocycles. The van der Waals surface area contributed by atoms with E-state index >= 15 is 0 Å². The van der Waals surface area contributed by atoms with Gasteiger partial charge < -0.3 is 5.73 Å². The lowest BCUT2D eigenvalue weighted by Gasteiger charge is -2.10. The van der Waals surface area contributed by atoms with E-state index in [1.165, 1.54) is 12.3 Å². The Kier molecular flexibility index (Phi) is 2.94. The van der Waals surface area contributed by atoms with Crippen molar-refractivity contribution in [3.05, 3.63) is 41.7 Å². The molecule has 0 fully saturated rings. The van der Waals surface area contributed by atoms with Crippen molar-refractivity contribution in [1.82, 2.24) is 9.97 Å². The molecule has 0 unspecified atom stereocenters. The second kappa shape index (κ2) is 4.29.